The number of rotatable bonds is 3. The summed E-state index contributed by atoms with van der Waals surface area (Å²) < 4.78 is 1.94. The minimum atomic E-state index is 0.613. The first kappa shape index (κ1) is 11.9. The molecule has 2 N–H and O–H groups in total. The SMILES string of the molecule is Cc1ccccc1-c1cc2nc(CCN)cn2cn1. The van der Waals surface area contributed by atoms with Crippen molar-refractivity contribution in [2.75, 3.05) is 6.54 Å². The van der Waals surface area contributed by atoms with E-state index < -0.39 is 0 Å². The van der Waals surface area contributed by atoms with Crippen molar-refractivity contribution in [3.8, 4) is 11.3 Å². The Balaban J connectivity index is 2.08. The van der Waals surface area contributed by atoms with Gasteiger partial charge in [-0.05, 0) is 19.0 Å². The number of hydrogen-bond donors (Lipinski definition) is 1. The molecule has 0 fully saturated rings. The lowest BCUT2D eigenvalue weighted by Crippen LogP contribution is -2.02. The highest BCUT2D eigenvalue weighted by molar-refractivity contribution is 5.66. The van der Waals surface area contributed by atoms with Crippen molar-refractivity contribution in [2.45, 2.75) is 13.3 Å². The van der Waals surface area contributed by atoms with Crippen LogP contribution in [0.1, 0.15) is 11.3 Å². The van der Waals surface area contributed by atoms with Crippen LogP contribution in [-0.2, 0) is 6.42 Å². The molecule has 0 saturated heterocycles. The lowest BCUT2D eigenvalue weighted by atomic mass is 10.1. The lowest BCUT2D eigenvalue weighted by molar-refractivity contribution is 0.936. The first-order chi connectivity index (χ1) is 9.28. The molecule has 0 saturated carbocycles. The van der Waals surface area contributed by atoms with E-state index in [0.29, 0.717) is 6.54 Å². The Kier molecular flexibility index (Phi) is 3.01. The monoisotopic (exact) mass is 252 g/mol. The van der Waals surface area contributed by atoms with E-state index in [4.69, 9.17) is 5.73 Å². The summed E-state index contributed by atoms with van der Waals surface area (Å²) in [7, 11) is 0. The van der Waals surface area contributed by atoms with Crippen molar-refractivity contribution in [1.82, 2.24) is 14.4 Å². The molecule has 0 unspecified atom stereocenters. The van der Waals surface area contributed by atoms with Crippen LogP contribution in [0, 0.1) is 6.92 Å². The van der Waals surface area contributed by atoms with Crippen molar-refractivity contribution < 1.29 is 0 Å². The summed E-state index contributed by atoms with van der Waals surface area (Å²) in [4.78, 5) is 9.06. The van der Waals surface area contributed by atoms with Crippen LogP contribution in [0.3, 0.4) is 0 Å². The van der Waals surface area contributed by atoms with E-state index in [-0.39, 0.29) is 0 Å². The topological polar surface area (TPSA) is 56.2 Å². The second-order valence-corrected chi connectivity index (χ2v) is 4.63. The maximum Gasteiger partial charge on any atom is 0.140 e. The number of benzene rings is 1. The molecule has 2 heterocycles. The molecule has 19 heavy (non-hydrogen) atoms. The highest BCUT2D eigenvalue weighted by atomic mass is 15.0. The fraction of sp³-hybridized carbons (Fsp3) is 0.200. The van der Waals surface area contributed by atoms with Crippen LogP contribution in [-0.4, -0.2) is 20.9 Å². The lowest BCUT2D eigenvalue weighted by Gasteiger charge is -2.04. The summed E-state index contributed by atoms with van der Waals surface area (Å²) in [5.74, 6) is 0. The van der Waals surface area contributed by atoms with Crippen LogP contribution in [0.4, 0.5) is 0 Å². The number of imidazole rings is 1. The number of hydrogen-bond acceptors (Lipinski definition) is 3. The van der Waals surface area contributed by atoms with Crippen molar-refractivity contribution >= 4 is 5.65 Å². The normalized spacial score (nSPS) is 11.1. The van der Waals surface area contributed by atoms with Gasteiger partial charge in [-0.1, -0.05) is 24.3 Å². The molecule has 4 nitrogen and oxygen atoms in total. The highest BCUT2D eigenvalue weighted by Gasteiger charge is 2.06. The summed E-state index contributed by atoms with van der Waals surface area (Å²) in [6.07, 6.45) is 4.59. The first-order valence-electron chi connectivity index (χ1n) is 6.37. The Morgan fingerprint density at radius 3 is 2.89 bits per heavy atom. The number of aryl methyl sites for hydroxylation is 1. The number of nitrogens with zero attached hydrogens (tertiary/aromatic N) is 3. The third-order valence-electron chi connectivity index (χ3n) is 3.22. The van der Waals surface area contributed by atoms with Crippen molar-refractivity contribution in [1.29, 1.82) is 0 Å². The van der Waals surface area contributed by atoms with Crippen LogP contribution in [0.25, 0.3) is 16.9 Å². The third-order valence-corrected chi connectivity index (χ3v) is 3.22. The third kappa shape index (κ3) is 2.22. The molecule has 96 valence electrons. The van der Waals surface area contributed by atoms with Gasteiger partial charge in [0, 0.05) is 24.2 Å². The van der Waals surface area contributed by atoms with E-state index in [1.165, 1.54) is 5.56 Å². The van der Waals surface area contributed by atoms with E-state index >= 15 is 0 Å². The minimum Gasteiger partial charge on any atom is -0.330 e. The van der Waals surface area contributed by atoms with Gasteiger partial charge in [0.1, 0.15) is 12.0 Å². The summed E-state index contributed by atoms with van der Waals surface area (Å²) in [5.41, 5.74) is 10.8. The molecule has 0 aliphatic rings. The molecule has 2 aromatic heterocycles. The van der Waals surface area contributed by atoms with Crippen LogP contribution in [0.15, 0.2) is 42.9 Å². The second-order valence-electron chi connectivity index (χ2n) is 4.63. The average molecular weight is 252 g/mol. The molecule has 0 aliphatic carbocycles. The van der Waals surface area contributed by atoms with Crippen LogP contribution >= 0.6 is 0 Å². The molecule has 4 heteroatoms. The zero-order chi connectivity index (χ0) is 13.2. The fourth-order valence-electron chi connectivity index (χ4n) is 2.22. The number of nitrogens with two attached hydrogens (primary N) is 1. The van der Waals surface area contributed by atoms with Gasteiger partial charge >= 0.3 is 0 Å². The van der Waals surface area contributed by atoms with E-state index in [0.717, 1.165) is 29.0 Å². The summed E-state index contributed by atoms with van der Waals surface area (Å²) in [6.45, 7) is 2.70. The Morgan fingerprint density at radius 1 is 1.26 bits per heavy atom. The Morgan fingerprint density at radius 2 is 2.11 bits per heavy atom. The molecule has 0 radical (unpaired) electrons. The van der Waals surface area contributed by atoms with Gasteiger partial charge in [-0.2, -0.15) is 0 Å². The van der Waals surface area contributed by atoms with Crippen LogP contribution in [0.5, 0.6) is 0 Å². The van der Waals surface area contributed by atoms with Crippen molar-refractivity contribution in [3.63, 3.8) is 0 Å². The average Bonchev–Trinajstić information content (AvgIpc) is 2.81. The molecule has 0 amide bonds. The van der Waals surface area contributed by atoms with Gasteiger partial charge in [0.05, 0.1) is 11.4 Å². The van der Waals surface area contributed by atoms with E-state index in [9.17, 15) is 0 Å². The zero-order valence-electron chi connectivity index (χ0n) is 10.9. The molecular formula is C15H16N4. The Labute approximate surface area is 111 Å². The molecule has 3 rings (SSSR count). The summed E-state index contributed by atoms with van der Waals surface area (Å²) in [6, 6.07) is 10.2. The van der Waals surface area contributed by atoms with Gasteiger partial charge in [0.2, 0.25) is 0 Å². The summed E-state index contributed by atoms with van der Waals surface area (Å²) in [5, 5.41) is 0. The van der Waals surface area contributed by atoms with E-state index in [1.54, 1.807) is 0 Å². The second kappa shape index (κ2) is 4.82. The molecule has 1 aromatic carbocycles. The van der Waals surface area contributed by atoms with Crippen LogP contribution in [0.2, 0.25) is 0 Å². The number of fused-ring (bicyclic) bond motifs is 1. The van der Waals surface area contributed by atoms with Crippen molar-refractivity contribution in [2.24, 2.45) is 5.73 Å². The fourth-order valence-corrected chi connectivity index (χ4v) is 2.22. The predicted octanol–water partition coefficient (Wildman–Crippen LogP) is 2.21. The minimum absolute atomic E-state index is 0.613. The molecule has 0 aliphatic heterocycles. The molecule has 0 bridgehead atoms. The smallest absolute Gasteiger partial charge is 0.140 e. The maximum absolute atomic E-state index is 5.56. The van der Waals surface area contributed by atoms with Gasteiger partial charge in [-0.3, -0.25) is 4.40 Å². The highest BCUT2D eigenvalue weighted by Crippen LogP contribution is 2.21. The van der Waals surface area contributed by atoms with Crippen molar-refractivity contribution in [3.05, 3.63) is 54.1 Å². The molecule has 3 aromatic rings. The summed E-state index contributed by atoms with van der Waals surface area (Å²) >= 11 is 0. The first-order valence-corrected chi connectivity index (χ1v) is 6.37. The number of aromatic nitrogens is 3. The quantitative estimate of drug-likeness (QED) is 0.777. The largest absolute Gasteiger partial charge is 0.330 e. The Bertz CT molecular complexity index is 715. The van der Waals surface area contributed by atoms with E-state index in [2.05, 4.69) is 29.0 Å². The molecule has 0 spiro atoms. The maximum atomic E-state index is 5.56. The molecule has 0 atom stereocenters. The van der Waals surface area contributed by atoms with E-state index in [1.807, 2.05) is 35.1 Å². The van der Waals surface area contributed by atoms with Gasteiger partial charge in [0.15, 0.2) is 0 Å². The Hall–Kier alpha value is -2.20. The predicted molar refractivity (Wildman–Crippen MR) is 75.9 cm³/mol. The van der Waals surface area contributed by atoms with Crippen LogP contribution < -0.4 is 5.73 Å². The molecular weight excluding hydrogens is 236 g/mol. The van der Waals surface area contributed by atoms with Gasteiger partial charge in [0.25, 0.3) is 0 Å². The van der Waals surface area contributed by atoms with Gasteiger partial charge in [-0.25, -0.2) is 9.97 Å². The zero-order valence-corrected chi connectivity index (χ0v) is 10.9. The standard InChI is InChI=1S/C15H16N4/c1-11-4-2-3-5-13(11)14-8-15-18-12(6-7-16)9-19(15)10-17-14/h2-5,8-10H,6-7,16H2,1H3. The van der Waals surface area contributed by atoms with Gasteiger partial charge in [-0.15, -0.1) is 0 Å². The van der Waals surface area contributed by atoms with Gasteiger partial charge < -0.3 is 5.73 Å².